The predicted molar refractivity (Wildman–Crippen MR) is 102 cm³/mol. The zero-order chi connectivity index (χ0) is 20.1. The van der Waals surface area contributed by atoms with Crippen LogP contribution in [0.3, 0.4) is 0 Å². The van der Waals surface area contributed by atoms with Crippen LogP contribution in [0.1, 0.15) is 48.9 Å². The van der Waals surface area contributed by atoms with E-state index in [1.165, 1.54) is 0 Å². The number of anilines is 1. The molecule has 2 N–H and O–H groups in total. The molecule has 3 rings (SSSR count). The van der Waals surface area contributed by atoms with Crippen molar-refractivity contribution in [2.75, 3.05) is 5.32 Å². The van der Waals surface area contributed by atoms with E-state index in [-0.39, 0.29) is 23.7 Å². The Hall–Kier alpha value is -2.16. The number of alkyl halides is 3. The Labute approximate surface area is 165 Å². The van der Waals surface area contributed by atoms with Crippen molar-refractivity contribution in [2.24, 2.45) is 5.92 Å². The molecule has 0 saturated heterocycles. The Kier molecular flexibility index (Phi) is 6.53. The molecule has 9 heteroatoms. The summed E-state index contributed by atoms with van der Waals surface area (Å²) in [6, 6.07) is 2.00. The van der Waals surface area contributed by atoms with E-state index in [2.05, 4.69) is 20.6 Å². The van der Waals surface area contributed by atoms with Gasteiger partial charge in [0.2, 0.25) is 5.91 Å². The minimum absolute atomic E-state index is 0.0175. The van der Waals surface area contributed by atoms with Gasteiger partial charge in [-0.1, -0.05) is 6.92 Å². The third-order valence-electron chi connectivity index (χ3n) is 4.91. The van der Waals surface area contributed by atoms with Crippen molar-refractivity contribution in [3.05, 3.63) is 40.0 Å². The fourth-order valence-corrected chi connectivity index (χ4v) is 4.11. The summed E-state index contributed by atoms with van der Waals surface area (Å²) in [6.45, 7) is 2.48. The molecule has 28 heavy (non-hydrogen) atoms. The molecule has 5 nitrogen and oxygen atoms in total. The average Bonchev–Trinajstić information content (AvgIpc) is 3.14. The van der Waals surface area contributed by atoms with Crippen LogP contribution in [0.5, 0.6) is 0 Å². The van der Waals surface area contributed by atoms with Gasteiger partial charge >= 0.3 is 6.18 Å². The zero-order valence-corrected chi connectivity index (χ0v) is 16.4. The van der Waals surface area contributed by atoms with Crippen LogP contribution in [0.2, 0.25) is 0 Å². The smallest absolute Gasteiger partial charge is 0.367 e. The molecule has 0 unspecified atom stereocenters. The number of aromatic nitrogens is 2. The van der Waals surface area contributed by atoms with Gasteiger partial charge in [-0.3, -0.25) is 4.79 Å². The Morgan fingerprint density at radius 3 is 2.68 bits per heavy atom. The topological polar surface area (TPSA) is 66.9 Å². The molecule has 0 atom stereocenters. The zero-order valence-electron chi connectivity index (χ0n) is 15.6. The highest BCUT2D eigenvalue weighted by Crippen LogP contribution is 2.31. The molecule has 0 aliphatic heterocycles. The van der Waals surface area contributed by atoms with Gasteiger partial charge in [-0.15, -0.1) is 11.3 Å². The van der Waals surface area contributed by atoms with E-state index in [4.69, 9.17) is 0 Å². The van der Waals surface area contributed by atoms with Gasteiger partial charge in [0.05, 0.1) is 17.8 Å². The van der Waals surface area contributed by atoms with E-state index in [1.807, 2.05) is 12.3 Å². The second-order valence-corrected chi connectivity index (χ2v) is 7.87. The summed E-state index contributed by atoms with van der Waals surface area (Å²) in [5.74, 6) is 0.167. The summed E-state index contributed by atoms with van der Waals surface area (Å²) >= 11 is 1.54. The molecule has 1 aliphatic carbocycles. The van der Waals surface area contributed by atoms with Crippen molar-refractivity contribution in [3.8, 4) is 0 Å². The van der Waals surface area contributed by atoms with Gasteiger partial charge in [-0.2, -0.15) is 13.2 Å². The third kappa shape index (κ3) is 5.43. The maximum absolute atomic E-state index is 12.8. The van der Waals surface area contributed by atoms with Crippen LogP contribution in [0.25, 0.3) is 0 Å². The number of hydrogen-bond donors (Lipinski definition) is 2. The number of carbonyl (C=O) groups excluding carboxylic acids is 1. The third-order valence-corrected chi connectivity index (χ3v) is 5.81. The minimum Gasteiger partial charge on any atom is -0.367 e. The monoisotopic (exact) mass is 412 g/mol. The normalized spacial score (nSPS) is 20.0. The maximum Gasteiger partial charge on any atom is 0.416 e. The lowest BCUT2D eigenvalue weighted by Crippen LogP contribution is -2.35. The van der Waals surface area contributed by atoms with E-state index in [9.17, 15) is 18.0 Å². The van der Waals surface area contributed by atoms with Gasteiger partial charge in [0.1, 0.15) is 10.8 Å². The van der Waals surface area contributed by atoms with Crippen LogP contribution < -0.4 is 10.6 Å². The van der Waals surface area contributed by atoms with Crippen molar-refractivity contribution in [1.82, 2.24) is 15.3 Å². The number of pyridine rings is 1. The molecule has 1 fully saturated rings. The van der Waals surface area contributed by atoms with Crippen LogP contribution in [0, 0.1) is 5.92 Å². The lowest BCUT2D eigenvalue weighted by molar-refractivity contribution is -0.137. The summed E-state index contributed by atoms with van der Waals surface area (Å²) in [6.07, 6.45) is 0.473. The van der Waals surface area contributed by atoms with E-state index >= 15 is 0 Å². The van der Waals surface area contributed by atoms with E-state index < -0.39 is 11.7 Å². The Balaban J connectivity index is 1.45. The van der Waals surface area contributed by atoms with Crippen molar-refractivity contribution in [2.45, 2.75) is 57.8 Å². The van der Waals surface area contributed by atoms with Crippen LogP contribution in [-0.2, 0) is 23.9 Å². The number of nitrogens with one attached hydrogen (secondary N) is 2. The number of rotatable bonds is 6. The molecule has 152 valence electrons. The van der Waals surface area contributed by atoms with Crippen molar-refractivity contribution < 1.29 is 18.0 Å². The van der Waals surface area contributed by atoms with Gasteiger partial charge in [0, 0.05) is 23.5 Å². The molecule has 1 amide bonds. The first-order valence-corrected chi connectivity index (χ1v) is 10.2. The van der Waals surface area contributed by atoms with Crippen LogP contribution >= 0.6 is 11.3 Å². The number of hydrogen-bond acceptors (Lipinski definition) is 5. The number of amides is 1. The second kappa shape index (κ2) is 8.89. The summed E-state index contributed by atoms with van der Waals surface area (Å²) in [4.78, 5) is 20.8. The second-order valence-electron chi connectivity index (χ2n) is 6.92. The quantitative estimate of drug-likeness (QED) is 0.738. The first-order chi connectivity index (χ1) is 13.3. The number of carbonyl (C=O) groups is 1. The number of aryl methyl sites for hydroxylation is 1. The summed E-state index contributed by atoms with van der Waals surface area (Å²) in [7, 11) is 0. The number of thiazole rings is 1. The fourth-order valence-electron chi connectivity index (χ4n) is 3.29. The largest absolute Gasteiger partial charge is 0.416 e. The lowest BCUT2D eigenvalue weighted by atomic mass is 9.85. The highest BCUT2D eigenvalue weighted by Gasteiger charge is 2.31. The van der Waals surface area contributed by atoms with Crippen molar-refractivity contribution >= 4 is 23.1 Å². The molecule has 2 aromatic heterocycles. The lowest BCUT2D eigenvalue weighted by Gasteiger charge is -2.28. The van der Waals surface area contributed by atoms with E-state index in [0.29, 0.717) is 32.2 Å². The summed E-state index contributed by atoms with van der Waals surface area (Å²) in [5.41, 5.74) is 0.315. The minimum atomic E-state index is -4.38. The molecule has 0 spiro atoms. The molecule has 2 aromatic rings. The van der Waals surface area contributed by atoms with Crippen LogP contribution in [0.4, 0.5) is 19.0 Å². The fraction of sp³-hybridized carbons (Fsp3) is 0.526. The predicted octanol–water partition coefficient (Wildman–Crippen LogP) is 4.41. The van der Waals surface area contributed by atoms with Gasteiger partial charge in [0.15, 0.2) is 0 Å². The van der Waals surface area contributed by atoms with Gasteiger partial charge in [0.25, 0.3) is 0 Å². The molecule has 2 heterocycles. The molecule has 1 aliphatic rings. The maximum atomic E-state index is 12.8. The highest BCUT2D eigenvalue weighted by atomic mass is 32.1. The molecule has 0 aromatic carbocycles. The van der Waals surface area contributed by atoms with E-state index in [0.717, 1.165) is 35.5 Å². The van der Waals surface area contributed by atoms with Crippen LogP contribution in [-0.4, -0.2) is 21.9 Å². The summed E-state index contributed by atoms with van der Waals surface area (Å²) in [5, 5.41) is 8.91. The highest BCUT2D eigenvalue weighted by molar-refractivity contribution is 7.09. The van der Waals surface area contributed by atoms with Gasteiger partial charge in [-0.25, -0.2) is 9.97 Å². The summed E-state index contributed by atoms with van der Waals surface area (Å²) < 4.78 is 38.4. The Morgan fingerprint density at radius 2 is 2.04 bits per heavy atom. The van der Waals surface area contributed by atoms with E-state index in [1.54, 1.807) is 11.3 Å². The Morgan fingerprint density at radius 1 is 1.29 bits per heavy atom. The van der Waals surface area contributed by atoms with Crippen LogP contribution in [0.15, 0.2) is 23.7 Å². The molecular weight excluding hydrogens is 389 g/mol. The van der Waals surface area contributed by atoms with Gasteiger partial charge < -0.3 is 10.6 Å². The molecule has 0 bridgehead atoms. The Bertz CT molecular complexity index is 800. The molecule has 1 saturated carbocycles. The number of halogens is 3. The van der Waals surface area contributed by atoms with Gasteiger partial charge in [-0.05, 0) is 44.2 Å². The average molecular weight is 412 g/mol. The first kappa shape index (κ1) is 20.6. The standard InChI is InChI=1S/C19H23F3N4OS/c1-2-14-11-28-17(26-14)10-24-18(27)12-3-5-15(6-4-12)25-16-9-13(7-8-23-16)19(20,21)22/h7-9,11-12,15H,2-6,10H2,1H3,(H,23,25)(H,24,27). The molecular formula is C19H23F3N4OS. The SMILES string of the molecule is CCc1csc(CNC(=O)C2CCC(Nc3cc(C(F)(F)F)ccn3)CC2)n1. The van der Waals surface area contributed by atoms with Crippen molar-refractivity contribution in [3.63, 3.8) is 0 Å². The first-order valence-electron chi connectivity index (χ1n) is 9.36. The number of nitrogens with zero attached hydrogens (tertiary/aromatic N) is 2. The van der Waals surface area contributed by atoms with Crippen molar-refractivity contribution in [1.29, 1.82) is 0 Å². The molecule has 0 radical (unpaired) electrons.